The Labute approximate surface area is 187 Å². The van der Waals surface area contributed by atoms with E-state index >= 15 is 0 Å². The van der Waals surface area contributed by atoms with E-state index in [0.29, 0.717) is 31.1 Å². The molecule has 0 atom stereocenters. The quantitative estimate of drug-likeness (QED) is 0.668. The lowest BCUT2D eigenvalue weighted by molar-refractivity contribution is -0.116. The van der Waals surface area contributed by atoms with Crippen molar-refractivity contribution in [2.45, 2.75) is 12.8 Å². The van der Waals surface area contributed by atoms with Gasteiger partial charge < -0.3 is 24.3 Å². The van der Waals surface area contributed by atoms with Crippen LogP contribution in [0.2, 0.25) is 0 Å². The van der Waals surface area contributed by atoms with Crippen molar-refractivity contribution in [2.75, 3.05) is 33.9 Å². The molecular formula is C24H29N3O5. The van der Waals surface area contributed by atoms with Gasteiger partial charge in [0.2, 0.25) is 5.91 Å². The molecule has 1 aromatic carbocycles. The predicted octanol–water partition coefficient (Wildman–Crippen LogP) is 2.08. The molecule has 0 aliphatic carbocycles. The van der Waals surface area contributed by atoms with Crippen molar-refractivity contribution in [3.8, 4) is 11.5 Å². The first-order chi connectivity index (χ1) is 15.4. The van der Waals surface area contributed by atoms with E-state index in [1.54, 1.807) is 62.7 Å². The van der Waals surface area contributed by atoms with Gasteiger partial charge >= 0.3 is 0 Å². The molecule has 1 N–H and O–H groups in total. The number of hydrogen-bond acceptors (Lipinski definition) is 5. The van der Waals surface area contributed by atoms with Gasteiger partial charge in [-0.25, -0.2) is 0 Å². The minimum Gasteiger partial charge on any atom is -0.493 e. The number of methoxy groups -OCH3 is 2. The molecule has 170 valence electrons. The Balaban J connectivity index is 1.47. The van der Waals surface area contributed by atoms with E-state index in [0.717, 1.165) is 18.4 Å². The number of benzene rings is 1. The van der Waals surface area contributed by atoms with Crippen LogP contribution in [0.4, 0.5) is 0 Å². The first kappa shape index (κ1) is 23.1. The molecule has 2 aromatic rings. The van der Waals surface area contributed by atoms with Gasteiger partial charge in [-0.2, -0.15) is 0 Å². The Morgan fingerprint density at radius 2 is 1.84 bits per heavy atom. The zero-order chi connectivity index (χ0) is 23.1. The van der Waals surface area contributed by atoms with Crippen LogP contribution in [-0.4, -0.2) is 55.1 Å². The fourth-order valence-corrected chi connectivity index (χ4v) is 3.70. The highest BCUT2D eigenvalue weighted by molar-refractivity contribution is 5.94. The summed E-state index contributed by atoms with van der Waals surface area (Å²) in [6, 6.07) is 8.71. The van der Waals surface area contributed by atoms with Gasteiger partial charge in [-0.1, -0.05) is 6.07 Å². The minimum absolute atomic E-state index is 0.175. The zero-order valence-corrected chi connectivity index (χ0v) is 18.7. The van der Waals surface area contributed by atoms with E-state index in [4.69, 9.17) is 9.47 Å². The topological polar surface area (TPSA) is 89.9 Å². The molecule has 32 heavy (non-hydrogen) atoms. The van der Waals surface area contributed by atoms with E-state index in [1.807, 2.05) is 6.07 Å². The smallest absolute Gasteiger partial charge is 0.263 e. The number of carbonyl (C=O) groups excluding carboxylic acids is 2. The molecular weight excluding hydrogens is 410 g/mol. The van der Waals surface area contributed by atoms with Crippen LogP contribution in [0.25, 0.3) is 6.08 Å². The Hall–Kier alpha value is -3.55. The number of piperidine rings is 1. The number of likely N-dealkylation sites (tertiary alicyclic amines) is 1. The molecule has 0 bridgehead atoms. The summed E-state index contributed by atoms with van der Waals surface area (Å²) in [6.07, 6.45) is 6.40. The minimum atomic E-state index is -0.284. The molecule has 0 spiro atoms. The van der Waals surface area contributed by atoms with Gasteiger partial charge in [0.05, 0.1) is 14.2 Å². The second kappa shape index (κ2) is 10.7. The maximum atomic E-state index is 12.7. The number of nitrogens with zero attached hydrogens (tertiary/aromatic N) is 2. The van der Waals surface area contributed by atoms with Crippen molar-refractivity contribution >= 4 is 17.9 Å². The summed E-state index contributed by atoms with van der Waals surface area (Å²) in [6.45, 7) is 1.68. The Morgan fingerprint density at radius 3 is 2.53 bits per heavy atom. The number of amides is 2. The molecule has 3 rings (SSSR count). The van der Waals surface area contributed by atoms with Crippen molar-refractivity contribution in [3.05, 3.63) is 64.1 Å². The third-order valence-corrected chi connectivity index (χ3v) is 5.66. The van der Waals surface area contributed by atoms with Gasteiger partial charge in [-0.05, 0) is 54.7 Å². The Morgan fingerprint density at radius 1 is 1.12 bits per heavy atom. The first-order valence-corrected chi connectivity index (χ1v) is 10.6. The first-order valence-electron chi connectivity index (χ1n) is 10.6. The summed E-state index contributed by atoms with van der Waals surface area (Å²) in [5, 5.41) is 2.93. The average Bonchev–Trinajstić information content (AvgIpc) is 2.82. The number of aromatic nitrogens is 1. The highest BCUT2D eigenvalue weighted by atomic mass is 16.5. The zero-order valence-electron chi connectivity index (χ0n) is 18.7. The molecule has 1 aliphatic heterocycles. The van der Waals surface area contributed by atoms with Crippen LogP contribution in [0.3, 0.4) is 0 Å². The fourth-order valence-electron chi connectivity index (χ4n) is 3.70. The molecule has 0 radical (unpaired) electrons. The molecule has 8 nitrogen and oxygen atoms in total. The van der Waals surface area contributed by atoms with E-state index in [9.17, 15) is 14.4 Å². The molecule has 1 aliphatic rings. The van der Waals surface area contributed by atoms with Crippen LogP contribution in [0, 0.1) is 5.92 Å². The number of rotatable bonds is 7. The van der Waals surface area contributed by atoms with E-state index in [2.05, 4.69) is 5.32 Å². The standard InChI is InChI=1S/C24H29N3O5/c1-26-12-4-5-19(23(26)29)24(30)27-13-10-18(11-14-27)16-25-22(28)9-7-17-6-8-20(31-2)21(15-17)32-3/h4-9,12,15,18H,10-11,13-14,16H2,1-3H3,(H,25,28)/b9-7+. The molecule has 2 amide bonds. The van der Waals surface area contributed by atoms with Gasteiger partial charge in [0.1, 0.15) is 5.56 Å². The number of carbonyl (C=O) groups is 2. The second-order valence-corrected chi connectivity index (χ2v) is 7.77. The highest BCUT2D eigenvalue weighted by Gasteiger charge is 2.25. The van der Waals surface area contributed by atoms with Crippen molar-refractivity contribution in [3.63, 3.8) is 0 Å². The van der Waals surface area contributed by atoms with Crippen LogP contribution in [0.5, 0.6) is 11.5 Å². The predicted molar refractivity (Wildman–Crippen MR) is 122 cm³/mol. The van der Waals surface area contributed by atoms with Gasteiger partial charge in [-0.15, -0.1) is 0 Å². The number of pyridine rings is 1. The lowest BCUT2D eigenvalue weighted by Crippen LogP contribution is -2.43. The number of aryl methyl sites for hydroxylation is 1. The van der Waals surface area contributed by atoms with Crippen molar-refractivity contribution in [1.82, 2.24) is 14.8 Å². The molecule has 0 unspecified atom stereocenters. The van der Waals surface area contributed by atoms with Crippen LogP contribution in [-0.2, 0) is 11.8 Å². The summed E-state index contributed by atoms with van der Waals surface area (Å²) in [5.41, 5.74) is 0.742. The van der Waals surface area contributed by atoms with Crippen LogP contribution < -0.4 is 20.3 Å². The van der Waals surface area contributed by atoms with Crippen LogP contribution in [0.1, 0.15) is 28.8 Å². The molecule has 1 aromatic heterocycles. The maximum absolute atomic E-state index is 12.7. The molecule has 0 saturated carbocycles. The van der Waals surface area contributed by atoms with Gasteiger partial charge in [0.15, 0.2) is 11.5 Å². The molecule has 1 saturated heterocycles. The summed E-state index contributed by atoms with van der Waals surface area (Å²) in [5.74, 6) is 1.12. The van der Waals surface area contributed by atoms with Gasteiger partial charge in [0, 0.05) is 39.0 Å². The second-order valence-electron chi connectivity index (χ2n) is 7.77. The van der Waals surface area contributed by atoms with Crippen molar-refractivity contribution < 1.29 is 19.1 Å². The van der Waals surface area contributed by atoms with Crippen molar-refractivity contribution in [1.29, 1.82) is 0 Å². The Bertz CT molecular complexity index is 1050. The van der Waals surface area contributed by atoms with Crippen LogP contribution >= 0.6 is 0 Å². The highest BCUT2D eigenvalue weighted by Crippen LogP contribution is 2.28. The Kier molecular flexibility index (Phi) is 7.70. The van der Waals surface area contributed by atoms with Crippen molar-refractivity contribution in [2.24, 2.45) is 13.0 Å². The average molecular weight is 440 g/mol. The number of ether oxygens (including phenoxy) is 2. The van der Waals surface area contributed by atoms with Gasteiger partial charge in [-0.3, -0.25) is 14.4 Å². The summed E-state index contributed by atoms with van der Waals surface area (Å²) < 4.78 is 11.9. The lowest BCUT2D eigenvalue weighted by atomic mass is 9.96. The van der Waals surface area contributed by atoms with Gasteiger partial charge in [0.25, 0.3) is 11.5 Å². The number of nitrogens with one attached hydrogen (secondary N) is 1. The van der Waals surface area contributed by atoms with Crippen LogP contribution in [0.15, 0.2) is 47.4 Å². The summed E-state index contributed by atoms with van der Waals surface area (Å²) in [7, 11) is 4.77. The lowest BCUT2D eigenvalue weighted by Gasteiger charge is -2.32. The van der Waals surface area contributed by atoms with E-state index in [1.165, 1.54) is 10.6 Å². The fraction of sp³-hybridized carbons (Fsp3) is 0.375. The molecule has 1 fully saturated rings. The largest absolute Gasteiger partial charge is 0.493 e. The molecule has 8 heteroatoms. The third kappa shape index (κ3) is 5.57. The summed E-state index contributed by atoms with van der Waals surface area (Å²) in [4.78, 5) is 38.8. The summed E-state index contributed by atoms with van der Waals surface area (Å²) >= 11 is 0. The monoisotopic (exact) mass is 439 g/mol. The molecule has 2 heterocycles. The SMILES string of the molecule is COc1ccc(/C=C/C(=O)NCC2CCN(C(=O)c3cccn(C)c3=O)CC2)cc1OC. The number of hydrogen-bond donors (Lipinski definition) is 1. The maximum Gasteiger partial charge on any atom is 0.263 e. The van der Waals surface area contributed by atoms with E-state index < -0.39 is 0 Å². The normalized spacial score (nSPS) is 14.4. The van der Waals surface area contributed by atoms with E-state index in [-0.39, 0.29) is 28.9 Å². The third-order valence-electron chi connectivity index (χ3n) is 5.66.